The Morgan fingerprint density at radius 3 is 2.30 bits per heavy atom. The van der Waals surface area contributed by atoms with Crippen LogP contribution in [-0.4, -0.2) is 72.5 Å². The van der Waals surface area contributed by atoms with Crippen molar-refractivity contribution < 1.29 is 4.79 Å². The summed E-state index contributed by atoms with van der Waals surface area (Å²) in [6.45, 7) is 7.47. The number of carbonyl (C=O) groups is 1. The Kier molecular flexibility index (Phi) is 5.84. The molecule has 27 heavy (non-hydrogen) atoms. The maximum Gasteiger partial charge on any atom is 0.226 e. The number of amides is 1. The second-order valence-corrected chi connectivity index (χ2v) is 8.78. The zero-order valence-electron chi connectivity index (χ0n) is 17.1. The van der Waals surface area contributed by atoms with Gasteiger partial charge in [0.2, 0.25) is 5.91 Å². The third-order valence-corrected chi connectivity index (χ3v) is 7.21. The van der Waals surface area contributed by atoms with E-state index in [2.05, 4.69) is 41.0 Å². The van der Waals surface area contributed by atoms with Crippen LogP contribution in [0.4, 0.5) is 0 Å². The monoisotopic (exact) mass is 369 g/mol. The highest BCUT2D eigenvalue weighted by Crippen LogP contribution is 2.30. The van der Waals surface area contributed by atoms with Crippen molar-refractivity contribution >= 4 is 5.91 Å². The molecule has 1 aromatic carbocycles. The first-order chi connectivity index (χ1) is 13.2. The van der Waals surface area contributed by atoms with E-state index in [9.17, 15) is 4.79 Å². The minimum Gasteiger partial charge on any atom is -0.346 e. The van der Waals surface area contributed by atoms with E-state index in [0.29, 0.717) is 18.0 Å². The molecule has 1 amide bonds. The molecule has 2 heterocycles. The minimum absolute atomic E-state index is 0.214. The van der Waals surface area contributed by atoms with Gasteiger partial charge >= 0.3 is 0 Å². The number of hydrogen-bond acceptors (Lipinski definition) is 3. The smallest absolute Gasteiger partial charge is 0.226 e. The molecule has 0 spiro atoms. The van der Waals surface area contributed by atoms with Crippen LogP contribution in [0.15, 0.2) is 24.3 Å². The molecule has 4 rings (SSSR count). The number of nitrogens with zero attached hydrogens (tertiary/aromatic N) is 3. The van der Waals surface area contributed by atoms with Gasteiger partial charge in [-0.1, -0.05) is 24.3 Å². The number of likely N-dealkylation sites (tertiary alicyclic amines) is 2. The van der Waals surface area contributed by atoms with Crippen LogP contribution in [0.5, 0.6) is 0 Å². The summed E-state index contributed by atoms with van der Waals surface area (Å²) < 4.78 is 0. The van der Waals surface area contributed by atoms with Crippen LogP contribution in [0.1, 0.15) is 43.7 Å². The highest BCUT2D eigenvalue weighted by Gasteiger charge is 2.34. The fourth-order valence-corrected chi connectivity index (χ4v) is 5.42. The molecule has 1 atom stereocenters. The molecule has 3 aliphatic rings. The normalized spacial score (nSPS) is 25.5. The van der Waals surface area contributed by atoms with Gasteiger partial charge in [0.15, 0.2) is 0 Å². The van der Waals surface area contributed by atoms with Gasteiger partial charge in [-0.25, -0.2) is 0 Å². The average molecular weight is 370 g/mol. The van der Waals surface area contributed by atoms with Gasteiger partial charge in [0.05, 0.1) is 5.92 Å². The van der Waals surface area contributed by atoms with E-state index in [1.165, 1.54) is 51.7 Å². The first kappa shape index (κ1) is 18.9. The van der Waals surface area contributed by atoms with Gasteiger partial charge in [-0.15, -0.1) is 0 Å². The van der Waals surface area contributed by atoms with Gasteiger partial charge in [0.1, 0.15) is 0 Å². The van der Waals surface area contributed by atoms with Gasteiger partial charge in [-0.3, -0.25) is 14.6 Å². The summed E-state index contributed by atoms with van der Waals surface area (Å²) in [7, 11) is 1.94. The molecule has 1 aromatic rings. The minimum atomic E-state index is 0.214. The van der Waals surface area contributed by atoms with Crippen LogP contribution in [0.2, 0.25) is 0 Å². The molecule has 0 radical (unpaired) electrons. The standard InChI is InChI=1S/C23H35N3O/c1-3-24(2)23(27)20-9-6-12-26(17-20)21-10-13-25(14-11-21)22-15-18-7-4-5-8-19(18)16-22/h4-5,7-8,20-22H,3,6,9-17H2,1-2H3/t20-/m0/s1. The Bertz CT molecular complexity index is 628. The lowest BCUT2D eigenvalue weighted by Gasteiger charge is -2.43. The molecule has 0 bridgehead atoms. The summed E-state index contributed by atoms with van der Waals surface area (Å²) in [5.41, 5.74) is 3.11. The van der Waals surface area contributed by atoms with Crippen molar-refractivity contribution in [2.75, 3.05) is 39.8 Å². The molecular formula is C23H35N3O. The second kappa shape index (κ2) is 8.32. The largest absolute Gasteiger partial charge is 0.346 e. The van der Waals surface area contributed by atoms with E-state index < -0.39 is 0 Å². The summed E-state index contributed by atoms with van der Waals surface area (Å²) in [5, 5.41) is 0. The highest BCUT2D eigenvalue weighted by atomic mass is 16.2. The molecule has 4 heteroatoms. The predicted molar refractivity (Wildman–Crippen MR) is 110 cm³/mol. The van der Waals surface area contributed by atoms with Crippen molar-refractivity contribution in [3.05, 3.63) is 35.4 Å². The third-order valence-electron chi connectivity index (χ3n) is 7.21. The van der Waals surface area contributed by atoms with Crippen molar-refractivity contribution in [2.24, 2.45) is 5.92 Å². The zero-order valence-corrected chi connectivity index (χ0v) is 17.1. The predicted octanol–water partition coefficient (Wildman–Crippen LogP) is 2.81. The van der Waals surface area contributed by atoms with Crippen LogP contribution >= 0.6 is 0 Å². The Morgan fingerprint density at radius 2 is 1.67 bits per heavy atom. The van der Waals surface area contributed by atoms with Crippen molar-refractivity contribution in [1.82, 2.24) is 14.7 Å². The third kappa shape index (κ3) is 4.07. The van der Waals surface area contributed by atoms with Gasteiger partial charge in [-0.05, 0) is 76.2 Å². The zero-order chi connectivity index (χ0) is 18.8. The lowest BCUT2D eigenvalue weighted by atomic mass is 9.92. The molecule has 2 saturated heterocycles. The van der Waals surface area contributed by atoms with Crippen LogP contribution in [-0.2, 0) is 17.6 Å². The number of benzene rings is 1. The Labute approximate surface area is 164 Å². The maximum atomic E-state index is 12.6. The molecule has 2 aliphatic heterocycles. The fourth-order valence-electron chi connectivity index (χ4n) is 5.42. The van der Waals surface area contributed by atoms with E-state index in [1.54, 1.807) is 11.1 Å². The van der Waals surface area contributed by atoms with E-state index in [1.807, 2.05) is 11.9 Å². The average Bonchev–Trinajstić information content (AvgIpc) is 3.17. The van der Waals surface area contributed by atoms with Crippen molar-refractivity contribution in [2.45, 2.75) is 57.5 Å². The highest BCUT2D eigenvalue weighted by molar-refractivity contribution is 5.78. The number of hydrogen-bond donors (Lipinski definition) is 0. The molecular weight excluding hydrogens is 334 g/mol. The number of fused-ring (bicyclic) bond motifs is 1. The van der Waals surface area contributed by atoms with Crippen LogP contribution in [0.3, 0.4) is 0 Å². The number of carbonyl (C=O) groups excluding carboxylic acids is 1. The van der Waals surface area contributed by atoms with E-state index in [0.717, 1.165) is 19.5 Å². The SMILES string of the molecule is CCN(C)C(=O)[C@H]1CCCN(C2CCN(C3Cc4ccccc4C3)CC2)C1. The van der Waals surface area contributed by atoms with Crippen molar-refractivity contribution in [3.8, 4) is 0 Å². The van der Waals surface area contributed by atoms with E-state index in [4.69, 9.17) is 0 Å². The first-order valence-electron chi connectivity index (χ1n) is 11.0. The quantitative estimate of drug-likeness (QED) is 0.817. The lowest BCUT2D eigenvalue weighted by molar-refractivity contribution is -0.136. The molecule has 1 aliphatic carbocycles. The molecule has 4 nitrogen and oxygen atoms in total. The first-order valence-corrected chi connectivity index (χ1v) is 11.0. The second-order valence-electron chi connectivity index (χ2n) is 8.78. The summed E-state index contributed by atoms with van der Waals surface area (Å²) in [6.07, 6.45) is 7.22. The lowest BCUT2D eigenvalue weighted by Crippen LogP contribution is -2.52. The summed E-state index contributed by atoms with van der Waals surface area (Å²) in [4.78, 5) is 19.8. The van der Waals surface area contributed by atoms with Gasteiger partial charge in [0.25, 0.3) is 0 Å². The fraction of sp³-hybridized carbons (Fsp3) is 0.696. The molecule has 0 N–H and O–H groups in total. The van der Waals surface area contributed by atoms with Crippen LogP contribution < -0.4 is 0 Å². The molecule has 0 unspecified atom stereocenters. The Hall–Kier alpha value is -1.39. The molecule has 148 valence electrons. The van der Waals surface area contributed by atoms with Crippen LogP contribution in [0, 0.1) is 5.92 Å². The molecule has 0 saturated carbocycles. The van der Waals surface area contributed by atoms with Gasteiger partial charge in [0, 0.05) is 32.2 Å². The van der Waals surface area contributed by atoms with Crippen molar-refractivity contribution in [1.29, 1.82) is 0 Å². The Balaban J connectivity index is 1.29. The molecule has 2 fully saturated rings. The van der Waals surface area contributed by atoms with E-state index in [-0.39, 0.29) is 5.92 Å². The topological polar surface area (TPSA) is 26.8 Å². The van der Waals surface area contributed by atoms with Gasteiger partial charge in [-0.2, -0.15) is 0 Å². The molecule has 0 aromatic heterocycles. The van der Waals surface area contributed by atoms with Crippen LogP contribution in [0.25, 0.3) is 0 Å². The maximum absolute atomic E-state index is 12.6. The van der Waals surface area contributed by atoms with E-state index >= 15 is 0 Å². The number of rotatable bonds is 4. The van der Waals surface area contributed by atoms with Gasteiger partial charge < -0.3 is 4.90 Å². The Morgan fingerprint density at radius 1 is 1.00 bits per heavy atom. The van der Waals surface area contributed by atoms with Crippen molar-refractivity contribution in [3.63, 3.8) is 0 Å². The summed E-state index contributed by atoms with van der Waals surface area (Å²) >= 11 is 0. The summed E-state index contributed by atoms with van der Waals surface area (Å²) in [6, 6.07) is 10.3. The summed E-state index contributed by atoms with van der Waals surface area (Å²) in [5.74, 6) is 0.564. The number of piperidine rings is 2.